The van der Waals surface area contributed by atoms with E-state index >= 15 is 0 Å². The average molecular weight is 878 g/mol. The van der Waals surface area contributed by atoms with Crippen molar-refractivity contribution in [1.29, 1.82) is 0 Å². The molecule has 0 N–H and O–H groups in total. The van der Waals surface area contributed by atoms with Crippen molar-refractivity contribution in [2.24, 2.45) is 0 Å². The third kappa shape index (κ3) is 23.7. The Balaban J connectivity index is 8.76. The third-order valence-corrected chi connectivity index (χ3v) is 7.45. The summed E-state index contributed by atoms with van der Waals surface area (Å²) in [5, 5.41) is 0. The van der Waals surface area contributed by atoms with E-state index in [1.165, 1.54) is 0 Å². The Kier molecular flexibility index (Phi) is 15.1. The van der Waals surface area contributed by atoms with E-state index in [1.54, 1.807) is 0 Å². The summed E-state index contributed by atoms with van der Waals surface area (Å²) in [6, 6.07) is 0. The molecule has 4 nitrogen and oxygen atoms in total. The number of alkyl halides is 27. The summed E-state index contributed by atoms with van der Waals surface area (Å²) in [6.45, 7) is 0. The quantitative estimate of drug-likeness (QED) is 0.121. The number of rotatable bonds is 15. The minimum absolute atomic E-state index is 3.30. The van der Waals surface area contributed by atoms with Crippen LogP contribution in [0.5, 0.6) is 0 Å². The molecule has 0 saturated heterocycles. The van der Waals surface area contributed by atoms with Crippen LogP contribution in [0.2, 0.25) is 0 Å². The van der Waals surface area contributed by atoms with Crippen LogP contribution in [-0.2, 0) is 18.1 Å². The van der Waals surface area contributed by atoms with Crippen molar-refractivity contribution in [2.45, 2.75) is 130 Å². The maximum atomic E-state index is 13.7. The zero-order chi connectivity index (χ0) is 43.0. The summed E-state index contributed by atoms with van der Waals surface area (Å²) in [6.07, 6.45) is -96.4. The van der Waals surface area contributed by atoms with Gasteiger partial charge in [-0.3, -0.25) is 13.6 Å². The van der Waals surface area contributed by atoms with E-state index in [2.05, 4.69) is 13.6 Å². The molecule has 0 bridgehead atoms. The SMILES string of the molecule is O=P(OC(CC(F)(F)F)(CC(F)(F)F)CC(F)(F)F)(OC(CC(F)(F)F)(CC(F)(F)F)CC(F)(F)F)OC(CC(F)(F)F)(CC(F)(F)F)CC(F)(F)F. The van der Waals surface area contributed by atoms with Crippen LogP contribution in [0.25, 0.3) is 0 Å². The van der Waals surface area contributed by atoms with Crippen LogP contribution < -0.4 is 0 Å². The van der Waals surface area contributed by atoms with Crippen molar-refractivity contribution in [3.05, 3.63) is 0 Å². The van der Waals surface area contributed by atoms with Crippen LogP contribution in [0.15, 0.2) is 0 Å². The van der Waals surface area contributed by atoms with Gasteiger partial charge in [0.2, 0.25) is 0 Å². The second-order valence-corrected chi connectivity index (χ2v) is 12.8. The fourth-order valence-electron chi connectivity index (χ4n) is 4.91. The first-order valence-electron chi connectivity index (χ1n) is 12.8. The lowest BCUT2D eigenvalue weighted by atomic mass is 9.90. The van der Waals surface area contributed by atoms with Gasteiger partial charge in [0, 0.05) is 0 Å². The molecule has 0 radical (unpaired) electrons. The summed E-state index contributed by atoms with van der Waals surface area (Å²) in [5.41, 5.74) is -17.5. The number of hydrogen-bond acceptors (Lipinski definition) is 4. The molecule has 32 heteroatoms. The molecular formula is C21H18F27O4P. The van der Waals surface area contributed by atoms with E-state index in [4.69, 9.17) is 0 Å². The largest absolute Gasteiger partial charge is 0.476 e. The van der Waals surface area contributed by atoms with Gasteiger partial charge in [0.15, 0.2) is 0 Å². The van der Waals surface area contributed by atoms with E-state index in [0.717, 1.165) is 0 Å². The molecule has 53 heavy (non-hydrogen) atoms. The lowest BCUT2D eigenvalue weighted by Gasteiger charge is -2.44. The number of hydrogen-bond donors (Lipinski definition) is 0. The van der Waals surface area contributed by atoms with Gasteiger partial charge in [-0.05, 0) is 0 Å². The first-order chi connectivity index (χ1) is 22.5. The highest BCUT2D eigenvalue weighted by Gasteiger charge is 2.65. The molecule has 0 atom stereocenters. The van der Waals surface area contributed by atoms with Gasteiger partial charge in [0.25, 0.3) is 0 Å². The smallest absolute Gasteiger partial charge is 0.279 e. The monoisotopic (exact) mass is 878 g/mol. The molecule has 320 valence electrons. The minimum Gasteiger partial charge on any atom is -0.279 e. The van der Waals surface area contributed by atoms with Crippen molar-refractivity contribution >= 4 is 7.82 Å². The van der Waals surface area contributed by atoms with Crippen molar-refractivity contribution in [3.63, 3.8) is 0 Å². The molecule has 0 aromatic heterocycles. The standard InChI is InChI=1S/C21H18F27O4P/c22-13(23,24)1-10(2-14(25,26)27,3-15(28,29)30)50-53(49,51-11(4-16(31,32)33,5-17(34,35)36)6-18(37,38)39)52-12(7-19(40,41)42,8-20(43,44)45)9-21(46,47)48/h1-9H2. The van der Waals surface area contributed by atoms with E-state index in [-0.39, 0.29) is 0 Å². The van der Waals surface area contributed by atoms with Gasteiger partial charge in [-0.2, -0.15) is 119 Å². The molecule has 0 rings (SSSR count). The topological polar surface area (TPSA) is 44.8 Å². The summed E-state index contributed by atoms with van der Waals surface area (Å²) in [4.78, 5) is 0. The Labute approximate surface area is 275 Å². The Morgan fingerprint density at radius 2 is 0.340 bits per heavy atom. The van der Waals surface area contributed by atoms with Gasteiger partial charge in [0.1, 0.15) is 16.8 Å². The second-order valence-electron chi connectivity index (χ2n) is 11.4. The van der Waals surface area contributed by atoms with Crippen LogP contribution in [0.4, 0.5) is 119 Å². The number of phosphoric acid groups is 1. The summed E-state index contributed by atoms with van der Waals surface area (Å²) in [7, 11) is -8.86. The molecule has 0 heterocycles. The fourth-order valence-corrected chi connectivity index (χ4v) is 7.02. The predicted octanol–water partition coefficient (Wildman–Crippen LogP) is 12.9. The normalized spacial score (nSPS) is 16.1. The molecule has 0 aliphatic carbocycles. The Morgan fingerprint density at radius 1 is 0.245 bits per heavy atom. The van der Waals surface area contributed by atoms with Crippen LogP contribution in [0.3, 0.4) is 0 Å². The maximum Gasteiger partial charge on any atom is 0.476 e. The first-order valence-corrected chi connectivity index (χ1v) is 14.3. The fraction of sp³-hybridized carbons (Fsp3) is 1.00. The lowest BCUT2D eigenvalue weighted by molar-refractivity contribution is -0.264. The highest BCUT2D eigenvalue weighted by Crippen LogP contribution is 2.67. The molecule has 0 aromatic carbocycles. The average Bonchev–Trinajstić information content (AvgIpc) is 2.58. The van der Waals surface area contributed by atoms with Crippen LogP contribution in [0, 0.1) is 0 Å². The Hall–Kier alpha value is -1.78. The first kappa shape index (κ1) is 51.2. The molecule has 0 fully saturated rings. The number of phosphoric ester groups is 1. The van der Waals surface area contributed by atoms with Crippen molar-refractivity contribution in [3.8, 4) is 0 Å². The predicted molar refractivity (Wildman–Crippen MR) is 115 cm³/mol. The molecule has 0 amide bonds. The van der Waals surface area contributed by atoms with Gasteiger partial charge < -0.3 is 0 Å². The van der Waals surface area contributed by atoms with Crippen LogP contribution >= 0.6 is 7.82 Å². The van der Waals surface area contributed by atoms with Gasteiger partial charge in [-0.25, -0.2) is 4.57 Å². The third-order valence-electron chi connectivity index (χ3n) is 5.62. The Morgan fingerprint density at radius 3 is 0.415 bits per heavy atom. The molecular weight excluding hydrogens is 860 g/mol. The summed E-state index contributed by atoms with van der Waals surface area (Å²) in [5.74, 6) is 0. The van der Waals surface area contributed by atoms with Crippen molar-refractivity contribution in [1.82, 2.24) is 0 Å². The highest BCUT2D eigenvalue weighted by atomic mass is 31.2. The van der Waals surface area contributed by atoms with Gasteiger partial charge >= 0.3 is 63.4 Å². The van der Waals surface area contributed by atoms with Crippen molar-refractivity contribution in [2.75, 3.05) is 0 Å². The summed E-state index contributed by atoms with van der Waals surface area (Å²) < 4.78 is 386. The molecule has 0 spiro atoms. The van der Waals surface area contributed by atoms with Crippen molar-refractivity contribution < 1.29 is 137 Å². The van der Waals surface area contributed by atoms with Crippen LogP contribution in [-0.4, -0.2) is 72.4 Å². The number of halogens is 27. The van der Waals surface area contributed by atoms with E-state index < -0.39 is 138 Å². The van der Waals surface area contributed by atoms with Gasteiger partial charge in [-0.1, -0.05) is 0 Å². The molecule has 0 saturated carbocycles. The molecule has 0 aromatic rings. The highest BCUT2D eigenvalue weighted by molar-refractivity contribution is 7.48. The zero-order valence-electron chi connectivity index (χ0n) is 24.6. The summed E-state index contributed by atoms with van der Waals surface area (Å²) >= 11 is 0. The molecule has 0 aliphatic heterocycles. The zero-order valence-corrected chi connectivity index (χ0v) is 25.5. The van der Waals surface area contributed by atoms with Crippen LogP contribution in [0.1, 0.15) is 57.8 Å². The van der Waals surface area contributed by atoms with E-state index in [1.807, 2.05) is 0 Å². The van der Waals surface area contributed by atoms with Gasteiger partial charge in [0.05, 0.1) is 57.8 Å². The minimum atomic E-state index is -8.86. The van der Waals surface area contributed by atoms with Gasteiger partial charge in [-0.15, -0.1) is 0 Å². The molecule has 0 unspecified atom stereocenters. The molecule has 0 aliphatic rings. The van der Waals surface area contributed by atoms with E-state index in [9.17, 15) is 123 Å². The Bertz CT molecular complexity index is 940. The lowest BCUT2D eigenvalue weighted by Crippen LogP contribution is -2.50. The van der Waals surface area contributed by atoms with E-state index in [0.29, 0.717) is 0 Å². The second kappa shape index (κ2) is 15.6. The maximum absolute atomic E-state index is 13.7.